The van der Waals surface area contributed by atoms with Gasteiger partial charge in [0, 0.05) is 11.7 Å². The third kappa shape index (κ3) is 5.82. The number of carbonyl (C=O) groups excluding carboxylic acids is 2. The molecule has 0 aliphatic heterocycles. The molecule has 6 heteroatoms. The zero-order chi connectivity index (χ0) is 21.4. The van der Waals surface area contributed by atoms with Gasteiger partial charge in [0.2, 0.25) is 5.91 Å². The lowest BCUT2D eigenvalue weighted by molar-refractivity contribution is -0.138. The lowest BCUT2D eigenvalue weighted by Crippen LogP contribution is -2.45. The van der Waals surface area contributed by atoms with Crippen molar-refractivity contribution in [3.8, 4) is 11.8 Å². The number of hydrogen-bond donors (Lipinski definition) is 1. The van der Waals surface area contributed by atoms with E-state index in [0.29, 0.717) is 17.7 Å². The van der Waals surface area contributed by atoms with Gasteiger partial charge in [0.15, 0.2) is 6.61 Å². The molecule has 0 spiro atoms. The third-order valence-corrected chi connectivity index (χ3v) is 4.99. The van der Waals surface area contributed by atoms with Crippen LogP contribution in [0.5, 0.6) is 5.75 Å². The summed E-state index contributed by atoms with van der Waals surface area (Å²) in [6, 6.07) is 14.4. The molecular weight excluding hydrogens is 366 g/mol. The van der Waals surface area contributed by atoms with E-state index in [1.807, 2.05) is 52.0 Å². The molecule has 2 aromatic rings. The third-order valence-electron chi connectivity index (χ3n) is 4.99. The fraction of sp³-hybridized carbons (Fsp3) is 0.348. The molecule has 29 heavy (non-hydrogen) atoms. The first-order valence-electron chi connectivity index (χ1n) is 9.64. The van der Waals surface area contributed by atoms with Gasteiger partial charge in [0.1, 0.15) is 18.4 Å². The van der Waals surface area contributed by atoms with Crippen LogP contribution >= 0.6 is 0 Å². The highest BCUT2D eigenvalue weighted by Crippen LogP contribution is 2.19. The number of aryl methyl sites for hydroxylation is 1. The summed E-state index contributed by atoms with van der Waals surface area (Å²) < 4.78 is 5.55. The van der Waals surface area contributed by atoms with Crippen LogP contribution in [0.1, 0.15) is 37.0 Å². The number of carbonyl (C=O) groups is 2. The summed E-state index contributed by atoms with van der Waals surface area (Å²) in [6.45, 7) is 7.48. The van der Waals surface area contributed by atoms with E-state index in [9.17, 15) is 9.59 Å². The van der Waals surface area contributed by atoms with Crippen molar-refractivity contribution in [2.24, 2.45) is 0 Å². The fourth-order valence-electron chi connectivity index (χ4n) is 2.85. The van der Waals surface area contributed by atoms with Gasteiger partial charge < -0.3 is 15.0 Å². The molecule has 2 rings (SSSR count). The Morgan fingerprint density at radius 3 is 2.59 bits per heavy atom. The minimum atomic E-state index is -0.303. The summed E-state index contributed by atoms with van der Waals surface area (Å²) in [4.78, 5) is 26.9. The van der Waals surface area contributed by atoms with Crippen molar-refractivity contribution < 1.29 is 14.3 Å². The van der Waals surface area contributed by atoms with Gasteiger partial charge >= 0.3 is 0 Å². The van der Waals surface area contributed by atoms with Crippen LogP contribution < -0.4 is 10.1 Å². The summed E-state index contributed by atoms with van der Waals surface area (Å²) in [5, 5.41) is 12.0. The summed E-state index contributed by atoms with van der Waals surface area (Å²) in [6.07, 6.45) is 0.706. The van der Waals surface area contributed by atoms with Gasteiger partial charge in [-0.15, -0.1) is 0 Å². The van der Waals surface area contributed by atoms with Crippen LogP contribution in [0.25, 0.3) is 0 Å². The van der Waals surface area contributed by atoms with E-state index in [1.165, 1.54) is 4.90 Å². The van der Waals surface area contributed by atoms with Crippen LogP contribution in [0.3, 0.4) is 0 Å². The number of para-hydroxylation sites is 1. The molecule has 0 heterocycles. The predicted molar refractivity (Wildman–Crippen MR) is 113 cm³/mol. The number of amides is 2. The predicted octanol–water partition coefficient (Wildman–Crippen LogP) is 3.82. The van der Waals surface area contributed by atoms with Crippen molar-refractivity contribution in [2.75, 3.05) is 18.5 Å². The Kier molecular flexibility index (Phi) is 7.79. The van der Waals surface area contributed by atoms with Gasteiger partial charge in [-0.1, -0.05) is 31.2 Å². The lowest BCUT2D eigenvalue weighted by atomic mass is 10.1. The number of ether oxygens (including phenoxy) is 1. The van der Waals surface area contributed by atoms with Gasteiger partial charge in [-0.3, -0.25) is 9.59 Å². The van der Waals surface area contributed by atoms with Gasteiger partial charge in [0.05, 0.1) is 5.56 Å². The largest absolute Gasteiger partial charge is 0.482 e. The van der Waals surface area contributed by atoms with Gasteiger partial charge in [-0.2, -0.15) is 5.26 Å². The Labute approximate surface area is 172 Å². The second kappa shape index (κ2) is 10.3. The van der Waals surface area contributed by atoms with Crippen LogP contribution in [0, 0.1) is 25.2 Å². The number of hydrogen-bond acceptors (Lipinski definition) is 4. The second-order valence-corrected chi connectivity index (χ2v) is 6.97. The van der Waals surface area contributed by atoms with Crippen LogP contribution in [0.4, 0.5) is 5.69 Å². The number of nitriles is 1. The summed E-state index contributed by atoms with van der Waals surface area (Å²) >= 11 is 0. The Balaban J connectivity index is 2.06. The van der Waals surface area contributed by atoms with Gasteiger partial charge in [-0.25, -0.2) is 0 Å². The number of nitrogens with one attached hydrogen (secondary N) is 1. The van der Waals surface area contributed by atoms with E-state index >= 15 is 0 Å². The normalized spacial score (nSPS) is 11.3. The highest BCUT2D eigenvalue weighted by Gasteiger charge is 2.23. The van der Waals surface area contributed by atoms with Crippen LogP contribution in [0.2, 0.25) is 0 Å². The zero-order valence-corrected chi connectivity index (χ0v) is 17.4. The molecule has 0 fully saturated rings. The van der Waals surface area contributed by atoms with E-state index in [1.54, 1.807) is 24.3 Å². The highest BCUT2D eigenvalue weighted by molar-refractivity contribution is 5.95. The van der Waals surface area contributed by atoms with Crippen molar-refractivity contribution >= 4 is 17.5 Å². The maximum Gasteiger partial charge on any atom is 0.261 e. The number of anilines is 1. The number of nitrogens with zero attached hydrogens (tertiary/aromatic N) is 2. The van der Waals surface area contributed by atoms with Crippen LogP contribution in [0.15, 0.2) is 42.5 Å². The Morgan fingerprint density at radius 2 is 1.90 bits per heavy atom. The molecule has 0 bridgehead atoms. The SMILES string of the molecule is CCC(C)N(CC(=O)Nc1cccc(C)c1C)C(=O)COc1ccccc1C#N. The monoisotopic (exact) mass is 393 g/mol. The van der Waals surface area contributed by atoms with Crippen LogP contribution in [-0.4, -0.2) is 35.9 Å². The maximum atomic E-state index is 12.8. The minimum Gasteiger partial charge on any atom is -0.482 e. The molecule has 0 aliphatic carbocycles. The second-order valence-electron chi connectivity index (χ2n) is 6.97. The van der Waals surface area contributed by atoms with Crippen molar-refractivity contribution in [3.63, 3.8) is 0 Å². The zero-order valence-electron chi connectivity index (χ0n) is 17.4. The maximum absolute atomic E-state index is 12.8. The average Bonchev–Trinajstić information content (AvgIpc) is 2.73. The first-order chi connectivity index (χ1) is 13.9. The van der Waals surface area contributed by atoms with Gasteiger partial charge in [0.25, 0.3) is 5.91 Å². The van der Waals surface area contributed by atoms with Crippen molar-refractivity contribution in [2.45, 2.75) is 40.2 Å². The fourth-order valence-corrected chi connectivity index (χ4v) is 2.85. The molecule has 0 saturated heterocycles. The first-order valence-corrected chi connectivity index (χ1v) is 9.64. The van der Waals surface area contributed by atoms with Crippen molar-refractivity contribution in [3.05, 3.63) is 59.2 Å². The molecule has 0 saturated carbocycles. The molecule has 2 amide bonds. The van der Waals surface area contributed by atoms with Crippen molar-refractivity contribution in [1.82, 2.24) is 4.90 Å². The topological polar surface area (TPSA) is 82.4 Å². The molecule has 1 unspecified atom stereocenters. The Hall–Kier alpha value is -3.33. The van der Waals surface area contributed by atoms with Gasteiger partial charge in [-0.05, 0) is 56.5 Å². The van der Waals surface area contributed by atoms with E-state index in [2.05, 4.69) is 5.32 Å². The molecule has 2 aromatic carbocycles. The van der Waals surface area contributed by atoms with Crippen molar-refractivity contribution in [1.29, 1.82) is 5.26 Å². The Bertz CT molecular complexity index is 918. The molecule has 1 N–H and O–H groups in total. The molecular formula is C23H27N3O3. The Morgan fingerprint density at radius 1 is 1.17 bits per heavy atom. The van der Waals surface area contributed by atoms with E-state index < -0.39 is 0 Å². The highest BCUT2D eigenvalue weighted by atomic mass is 16.5. The standard InChI is InChI=1S/C23H27N3O3/c1-5-17(3)26(14-22(27)25-20-11-8-9-16(2)18(20)4)23(28)15-29-21-12-7-6-10-19(21)13-24/h6-12,17H,5,14-15H2,1-4H3,(H,25,27). The molecule has 0 radical (unpaired) electrons. The molecule has 152 valence electrons. The van der Waals surface area contributed by atoms with E-state index in [-0.39, 0.29) is 31.0 Å². The smallest absolute Gasteiger partial charge is 0.261 e. The quantitative estimate of drug-likeness (QED) is 0.739. The minimum absolute atomic E-state index is 0.0650. The summed E-state index contributed by atoms with van der Waals surface area (Å²) in [5.74, 6) is -0.208. The van der Waals surface area contributed by atoms with Crippen LogP contribution in [-0.2, 0) is 9.59 Å². The average molecular weight is 393 g/mol. The molecule has 6 nitrogen and oxygen atoms in total. The number of rotatable bonds is 8. The van der Waals surface area contributed by atoms with E-state index in [4.69, 9.17) is 10.00 Å². The molecule has 0 aromatic heterocycles. The van der Waals surface area contributed by atoms with E-state index in [0.717, 1.165) is 16.8 Å². The summed E-state index contributed by atoms with van der Waals surface area (Å²) in [5.41, 5.74) is 3.19. The summed E-state index contributed by atoms with van der Waals surface area (Å²) in [7, 11) is 0. The lowest BCUT2D eigenvalue weighted by Gasteiger charge is -2.28. The number of benzene rings is 2. The molecule has 0 aliphatic rings. The first kappa shape index (κ1) is 22.0. The molecule has 1 atom stereocenters.